The van der Waals surface area contributed by atoms with E-state index in [-0.39, 0.29) is 11.4 Å². The van der Waals surface area contributed by atoms with Gasteiger partial charge >= 0.3 is 0 Å². The molecule has 1 aromatic heterocycles. The first kappa shape index (κ1) is 15.4. The number of nitriles is 3. The van der Waals surface area contributed by atoms with Crippen LogP contribution in [0.15, 0.2) is 27.8 Å². The number of thiophene rings is 1. The molecule has 1 rings (SSSR count). The number of nitrogens with zero attached hydrogens (tertiary/aromatic N) is 4. The lowest BCUT2D eigenvalue weighted by Crippen LogP contribution is -1.97. The van der Waals surface area contributed by atoms with Crippen LogP contribution in [0.3, 0.4) is 0 Å². The first-order chi connectivity index (χ1) is 8.60. The third kappa shape index (κ3) is 4.94. The van der Waals surface area contributed by atoms with Crippen LogP contribution in [0.1, 0.15) is 17.4 Å². The van der Waals surface area contributed by atoms with Gasteiger partial charge in [-0.1, -0.05) is 0 Å². The van der Waals surface area contributed by atoms with E-state index in [1.165, 1.54) is 18.3 Å². The van der Waals surface area contributed by atoms with Crippen molar-refractivity contribution >= 4 is 17.6 Å². The van der Waals surface area contributed by atoms with E-state index in [9.17, 15) is 0 Å². The number of hydrogen-bond donors (Lipinski definition) is 1. The standard InChI is InChI=1S/C10H8N4S.C2H3N/c1-7-2-3-15-10(7)6-14-9(5-12)8(13)4-11;1-2-3/h2-3,6H,13H2,1H3;1H3/b9-8-,14-6?;. The number of aryl methyl sites for hydroxylation is 1. The van der Waals surface area contributed by atoms with Crippen LogP contribution in [0.2, 0.25) is 0 Å². The predicted octanol–water partition coefficient (Wildman–Crippen LogP) is 2.22. The summed E-state index contributed by atoms with van der Waals surface area (Å²) in [6.45, 7) is 3.38. The van der Waals surface area contributed by atoms with Gasteiger partial charge in [0, 0.05) is 18.0 Å². The molecule has 0 unspecified atom stereocenters. The summed E-state index contributed by atoms with van der Waals surface area (Å²) in [5.74, 6) is 0. The number of rotatable bonds is 2. The lowest BCUT2D eigenvalue weighted by molar-refractivity contribution is 1.27. The average Bonchev–Trinajstić information content (AvgIpc) is 2.76. The fourth-order valence-electron chi connectivity index (χ4n) is 0.851. The molecule has 0 aromatic carbocycles. The fourth-order valence-corrected chi connectivity index (χ4v) is 1.64. The molecule has 5 nitrogen and oxygen atoms in total. The predicted molar refractivity (Wildman–Crippen MR) is 70.4 cm³/mol. The van der Waals surface area contributed by atoms with Crippen molar-refractivity contribution in [1.29, 1.82) is 15.8 Å². The van der Waals surface area contributed by atoms with Crippen molar-refractivity contribution in [2.45, 2.75) is 13.8 Å². The maximum atomic E-state index is 8.68. The average molecular weight is 257 g/mol. The van der Waals surface area contributed by atoms with Gasteiger partial charge in [0.05, 0.1) is 6.07 Å². The van der Waals surface area contributed by atoms with Crippen LogP contribution in [-0.2, 0) is 0 Å². The lowest BCUT2D eigenvalue weighted by Gasteiger charge is -1.90. The first-order valence-electron chi connectivity index (χ1n) is 4.79. The summed E-state index contributed by atoms with van der Waals surface area (Å²) in [7, 11) is 0. The van der Waals surface area contributed by atoms with Gasteiger partial charge in [0.1, 0.15) is 17.8 Å². The topological polar surface area (TPSA) is 110 Å². The van der Waals surface area contributed by atoms with Gasteiger partial charge in [0.2, 0.25) is 0 Å². The Morgan fingerprint density at radius 3 is 2.39 bits per heavy atom. The minimum Gasteiger partial charge on any atom is -0.388 e. The van der Waals surface area contributed by atoms with Crippen molar-refractivity contribution in [1.82, 2.24) is 0 Å². The van der Waals surface area contributed by atoms with Crippen LogP contribution < -0.4 is 5.73 Å². The van der Waals surface area contributed by atoms with Gasteiger partial charge in [-0.3, -0.25) is 0 Å². The molecule has 0 bridgehead atoms. The molecule has 6 heteroatoms. The highest BCUT2D eigenvalue weighted by Crippen LogP contribution is 2.13. The van der Waals surface area contributed by atoms with E-state index >= 15 is 0 Å². The van der Waals surface area contributed by atoms with E-state index in [1.54, 1.807) is 24.4 Å². The first-order valence-corrected chi connectivity index (χ1v) is 5.67. The zero-order chi connectivity index (χ0) is 14.0. The zero-order valence-corrected chi connectivity index (χ0v) is 10.8. The Bertz CT molecular complexity index is 575. The van der Waals surface area contributed by atoms with Crippen molar-refractivity contribution in [2.75, 3.05) is 0 Å². The normalized spacial score (nSPS) is 10.4. The Kier molecular flexibility index (Phi) is 7.28. The van der Waals surface area contributed by atoms with Crippen molar-refractivity contribution in [3.05, 3.63) is 33.3 Å². The van der Waals surface area contributed by atoms with E-state index in [2.05, 4.69) is 4.99 Å². The number of nitrogens with two attached hydrogens (primary N) is 1. The van der Waals surface area contributed by atoms with E-state index in [0.29, 0.717) is 0 Å². The summed E-state index contributed by atoms with van der Waals surface area (Å²) in [6, 6.07) is 7.16. The molecular weight excluding hydrogens is 246 g/mol. The van der Waals surface area contributed by atoms with Crippen molar-refractivity contribution in [3.63, 3.8) is 0 Å². The molecule has 0 fully saturated rings. The Balaban J connectivity index is 0.000000873. The number of hydrogen-bond acceptors (Lipinski definition) is 6. The van der Waals surface area contributed by atoms with E-state index < -0.39 is 0 Å². The van der Waals surface area contributed by atoms with E-state index in [0.717, 1.165) is 10.4 Å². The summed E-state index contributed by atoms with van der Waals surface area (Å²) in [5.41, 5.74) is 6.16. The molecule has 0 saturated carbocycles. The molecule has 0 aliphatic rings. The van der Waals surface area contributed by atoms with Crippen LogP contribution in [0, 0.1) is 40.9 Å². The molecule has 0 spiro atoms. The van der Waals surface area contributed by atoms with Crippen molar-refractivity contribution < 1.29 is 0 Å². The van der Waals surface area contributed by atoms with Crippen LogP contribution in [-0.4, -0.2) is 6.21 Å². The second-order valence-corrected chi connectivity index (χ2v) is 3.88. The Morgan fingerprint density at radius 2 is 2.00 bits per heavy atom. The molecule has 18 heavy (non-hydrogen) atoms. The van der Waals surface area contributed by atoms with Gasteiger partial charge in [-0.15, -0.1) is 11.3 Å². The smallest absolute Gasteiger partial charge is 0.174 e. The van der Waals surface area contributed by atoms with Crippen molar-refractivity contribution in [3.8, 4) is 18.2 Å². The minimum absolute atomic E-state index is 0.0506. The third-order valence-electron chi connectivity index (χ3n) is 1.69. The molecule has 0 radical (unpaired) electrons. The van der Waals surface area contributed by atoms with Gasteiger partial charge in [-0.25, -0.2) is 4.99 Å². The fraction of sp³-hybridized carbons (Fsp3) is 0.167. The van der Waals surface area contributed by atoms with Crippen LogP contribution in [0.5, 0.6) is 0 Å². The van der Waals surface area contributed by atoms with Gasteiger partial charge in [0.15, 0.2) is 5.70 Å². The summed E-state index contributed by atoms with van der Waals surface area (Å²) in [4.78, 5) is 4.82. The maximum Gasteiger partial charge on any atom is 0.174 e. The van der Waals surface area contributed by atoms with E-state index in [4.69, 9.17) is 21.5 Å². The largest absolute Gasteiger partial charge is 0.388 e. The molecule has 2 N–H and O–H groups in total. The highest BCUT2D eigenvalue weighted by Gasteiger charge is 2.00. The SMILES string of the molecule is CC#N.Cc1ccsc1C=N/C(C#N)=C(\N)C#N. The highest BCUT2D eigenvalue weighted by atomic mass is 32.1. The molecule has 1 heterocycles. The molecular formula is C12H11N5S. The second kappa shape index (κ2) is 8.52. The molecule has 0 aliphatic heterocycles. The second-order valence-electron chi connectivity index (χ2n) is 2.94. The molecule has 0 aliphatic carbocycles. The molecule has 0 amide bonds. The Hall–Kier alpha value is -2.62. The number of aliphatic imine (C=N–C) groups is 1. The summed E-state index contributed by atoms with van der Waals surface area (Å²) >= 11 is 1.52. The van der Waals surface area contributed by atoms with Gasteiger partial charge in [0.25, 0.3) is 0 Å². The van der Waals surface area contributed by atoms with Gasteiger partial charge in [-0.2, -0.15) is 15.8 Å². The Labute approximate surface area is 110 Å². The van der Waals surface area contributed by atoms with Gasteiger partial charge in [-0.05, 0) is 23.9 Å². The third-order valence-corrected chi connectivity index (χ3v) is 2.65. The van der Waals surface area contributed by atoms with E-state index in [1.807, 2.05) is 18.4 Å². The number of allylic oxidation sites excluding steroid dienone is 2. The molecule has 1 aromatic rings. The van der Waals surface area contributed by atoms with Crippen molar-refractivity contribution in [2.24, 2.45) is 10.7 Å². The summed E-state index contributed by atoms with van der Waals surface area (Å²) < 4.78 is 0. The Morgan fingerprint density at radius 1 is 1.39 bits per heavy atom. The highest BCUT2D eigenvalue weighted by molar-refractivity contribution is 7.11. The van der Waals surface area contributed by atoms with Crippen LogP contribution in [0.25, 0.3) is 0 Å². The molecule has 90 valence electrons. The molecule has 0 saturated heterocycles. The monoisotopic (exact) mass is 257 g/mol. The quantitative estimate of drug-likeness (QED) is 0.646. The minimum atomic E-state index is -0.164. The van der Waals surface area contributed by atoms with Gasteiger partial charge < -0.3 is 5.73 Å². The zero-order valence-electron chi connectivity index (χ0n) is 10.0. The molecule has 0 atom stereocenters. The lowest BCUT2D eigenvalue weighted by atomic mass is 10.3. The maximum absolute atomic E-state index is 8.68. The summed E-state index contributed by atoms with van der Waals surface area (Å²) in [6.07, 6.45) is 1.54. The summed E-state index contributed by atoms with van der Waals surface area (Å²) in [5, 5.41) is 26.4. The van der Waals surface area contributed by atoms with Crippen LogP contribution >= 0.6 is 11.3 Å². The van der Waals surface area contributed by atoms with Crippen LogP contribution in [0.4, 0.5) is 0 Å².